The Hall–Kier alpha value is -3.86. The molecule has 0 atom stereocenters. The molecule has 0 unspecified atom stereocenters. The minimum absolute atomic E-state index is 0.292. The van der Waals surface area contributed by atoms with Crippen molar-refractivity contribution >= 4 is 34.4 Å². The molecule has 0 aliphatic carbocycles. The largest absolute Gasteiger partial charge is 0.372 e. The third-order valence-corrected chi connectivity index (χ3v) is 5.98. The monoisotopic (exact) mass is 439 g/mol. The molecule has 33 heavy (non-hydrogen) atoms. The zero-order valence-corrected chi connectivity index (χ0v) is 19.6. The number of hydrogen-bond donors (Lipinski definition) is 1. The summed E-state index contributed by atoms with van der Waals surface area (Å²) in [4.78, 5) is 30.6. The van der Waals surface area contributed by atoms with Gasteiger partial charge in [0.2, 0.25) is 0 Å². The summed E-state index contributed by atoms with van der Waals surface area (Å²) >= 11 is 0. The van der Waals surface area contributed by atoms with Crippen LogP contribution >= 0.6 is 0 Å². The second-order valence-corrected chi connectivity index (χ2v) is 8.24. The smallest absolute Gasteiger partial charge is 0.282 e. The van der Waals surface area contributed by atoms with Crippen molar-refractivity contribution < 1.29 is 9.59 Å². The molecule has 2 amide bonds. The molecule has 0 bridgehead atoms. The van der Waals surface area contributed by atoms with Gasteiger partial charge in [-0.1, -0.05) is 47.5 Å². The zero-order chi connectivity index (χ0) is 23.5. The Morgan fingerprint density at radius 3 is 1.82 bits per heavy atom. The Morgan fingerprint density at radius 1 is 0.727 bits per heavy atom. The van der Waals surface area contributed by atoms with Gasteiger partial charge in [0.1, 0.15) is 5.70 Å². The van der Waals surface area contributed by atoms with E-state index in [0.29, 0.717) is 17.0 Å². The first-order valence-corrected chi connectivity index (χ1v) is 11.3. The Kier molecular flexibility index (Phi) is 6.31. The van der Waals surface area contributed by atoms with E-state index in [-0.39, 0.29) is 11.8 Å². The number of imide groups is 1. The van der Waals surface area contributed by atoms with E-state index in [0.717, 1.165) is 41.2 Å². The highest BCUT2D eigenvalue weighted by molar-refractivity contribution is 6.46. The maximum absolute atomic E-state index is 13.6. The normalized spacial score (nSPS) is 13.6. The van der Waals surface area contributed by atoms with Crippen LogP contribution < -0.4 is 15.1 Å². The molecule has 0 saturated carbocycles. The van der Waals surface area contributed by atoms with E-state index in [4.69, 9.17) is 0 Å². The molecule has 0 aromatic heterocycles. The summed E-state index contributed by atoms with van der Waals surface area (Å²) in [7, 11) is 0. The summed E-state index contributed by atoms with van der Waals surface area (Å²) in [5, 5.41) is 3.22. The van der Waals surface area contributed by atoms with Crippen molar-refractivity contribution in [2.75, 3.05) is 28.2 Å². The molecule has 3 aromatic rings. The average molecular weight is 440 g/mol. The standard InChI is InChI=1S/C28H29N3O2/c1-5-30(6-2)23-15-17-24(18-16-23)31-27(32)25(21-11-7-19(3)8-12-21)26(28(31)33)29-22-13-9-20(4)10-14-22/h7-18,29H,5-6H2,1-4H3. The Labute approximate surface area is 195 Å². The highest BCUT2D eigenvalue weighted by atomic mass is 16.2. The predicted octanol–water partition coefficient (Wildman–Crippen LogP) is 5.55. The van der Waals surface area contributed by atoms with Gasteiger partial charge in [-0.2, -0.15) is 0 Å². The lowest BCUT2D eigenvalue weighted by Crippen LogP contribution is -2.32. The molecule has 1 heterocycles. The lowest BCUT2D eigenvalue weighted by Gasteiger charge is -2.22. The molecule has 0 saturated heterocycles. The fraction of sp³-hybridized carbons (Fsp3) is 0.214. The SMILES string of the molecule is CCN(CC)c1ccc(N2C(=O)C(Nc3ccc(C)cc3)=C(c3ccc(C)cc3)C2=O)cc1. The first kappa shape index (κ1) is 22.3. The lowest BCUT2D eigenvalue weighted by atomic mass is 10.0. The molecule has 0 fully saturated rings. The highest BCUT2D eigenvalue weighted by Crippen LogP contribution is 2.34. The van der Waals surface area contributed by atoms with Crippen molar-refractivity contribution in [3.05, 3.63) is 95.2 Å². The van der Waals surface area contributed by atoms with Crippen LogP contribution in [0.25, 0.3) is 5.57 Å². The molecule has 1 aliphatic rings. The number of nitrogens with one attached hydrogen (secondary N) is 1. The summed E-state index contributed by atoms with van der Waals surface area (Å²) in [6, 6.07) is 23.0. The molecule has 5 nitrogen and oxygen atoms in total. The molecule has 1 N–H and O–H groups in total. The topological polar surface area (TPSA) is 52.6 Å². The summed E-state index contributed by atoms with van der Waals surface area (Å²) in [5.74, 6) is -0.680. The van der Waals surface area contributed by atoms with Crippen molar-refractivity contribution in [3.8, 4) is 0 Å². The van der Waals surface area contributed by atoms with Crippen LogP contribution in [-0.2, 0) is 9.59 Å². The average Bonchev–Trinajstić information content (AvgIpc) is 3.06. The first-order valence-electron chi connectivity index (χ1n) is 11.3. The van der Waals surface area contributed by atoms with Gasteiger partial charge in [-0.25, -0.2) is 4.90 Å². The number of nitrogens with zero attached hydrogens (tertiary/aromatic N) is 2. The van der Waals surface area contributed by atoms with E-state index in [9.17, 15) is 9.59 Å². The van der Waals surface area contributed by atoms with Gasteiger partial charge in [0.25, 0.3) is 11.8 Å². The molecule has 168 valence electrons. The molecule has 1 aliphatic heterocycles. The summed E-state index contributed by atoms with van der Waals surface area (Å²) in [6.07, 6.45) is 0. The van der Waals surface area contributed by atoms with Crippen molar-refractivity contribution in [2.45, 2.75) is 27.7 Å². The van der Waals surface area contributed by atoms with Crippen molar-refractivity contribution in [1.29, 1.82) is 0 Å². The van der Waals surface area contributed by atoms with Crippen molar-refractivity contribution in [3.63, 3.8) is 0 Å². The molecular formula is C28H29N3O2. The van der Waals surface area contributed by atoms with Crippen molar-refractivity contribution in [2.24, 2.45) is 0 Å². The minimum atomic E-state index is -0.355. The van der Waals surface area contributed by atoms with Gasteiger partial charge in [0.15, 0.2) is 0 Å². The van der Waals surface area contributed by atoms with Gasteiger partial charge in [-0.15, -0.1) is 0 Å². The van der Waals surface area contributed by atoms with Gasteiger partial charge < -0.3 is 10.2 Å². The number of carbonyl (C=O) groups excluding carboxylic acids is 2. The van der Waals surface area contributed by atoms with Crippen LogP contribution in [0.15, 0.2) is 78.5 Å². The lowest BCUT2D eigenvalue weighted by molar-refractivity contribution is -0.120. The Balaban J connectivity index is 1.74. The number of hydrogen-bond acceptors (Lipinski definition) is 4. The fourth-order valence-corrected chi connectivity index (χ4v) is 4.05. The van der Waals surface area contributed by atoms with Gasteiger partial charge in [0.05, 0.1) is 11.3 Å². The molecule has 4 rings (SSSR count). The molecule has 5 heteroatoms. The molecular weight excluding hydrogens is 410 g/mol. The molecule has 3 aromatic carbocycles. The van der Waals surface area contributed by atoms with Crippen LogP contribution in [0.5, 0.6) is 0 Å². The maximum Gasteiger partial charge on any atom is 0.282 e. The van der Waals surface area contributed by atoms with Gasteiger partial charge in [0, 0.05) is 24.5 Å². The number of carbonyl (C=O) groups is 2. The third-order valence-electron chi connectivity index (χ3n) is 5.98. The minimum Gasteiger partial charge on any atom is -0.372 e. The van der Waals surface area contributed by atoms with Crippen LogP contribution in [0.3, 0.4) is 0 Å². The summed E-state index contributed by atoms with van der Waals surface area (Å²) in [6.45, 7) is 9.99. The van der Waals surface area contributed by atoms with Crippen LogP contribution in [0.4, 0.5) is 17.1 Å². The zero-order valence-electron chi connectivity index (χ0n) is 19.6. The van der Waals surface area contributed by atoms with E-state index in [1.54, 1.807) is 0 Å². The third kappa shape index (κ3) is 4.40. The quantitative estimate of drug-likeness (QED) is 0.491. The second-order valence-electron chi connectivity index (χ2n) is 8.24. The molecule has 0 spiro atoms. The van der Waals surface area contributed by atoms with E-state index in [2.05, 4.69) is 24.1 Å². The van der Waals surface area contributed by atoms with E-state index in [1.807, 2.05) is 86.6 Å². The highest BCUT2D eigenvalue weighted by Gasteiger charge is 2.40. The number of amides is 2. The van der Waals surface area contributed by atoms with Crippen LogP contribution in [0.1, 0.15) is 30.5 Å². The van der Waals surface area contributed by atoms with Gasteiger partial charge in [-0.05, 0) is 69.7 Å². The van der Waals surface area contributed by atoms with Crippen molar-refractivity contribution in [1.82, 2.24) is 0 Å². The van der Waals surface area contributed by atoms with E-state index < -0.39 is 0 Å². The number of anilines is 3. The fourth-order valence-electron chi connectivity index (χ4n) is 4.05. The first-order chi connectivity index (χ1) is 15.9. The Morgan fingerprint density at radius 2 is 1.27 bits per heavy atom. The van der Waals surface area contributed by atoms with Crippen LogP contribution in [0.2, 0.25) is 0 Å². The maximum atomic E-state index is 13.6. The van der Waals surface area contributed by atoms with Gasteiger partial charge >= 0.3 is 0 Å². The summed E-state index contributed by atoms with van der Waals surface area (Å²) < 4.78 is 0. The van der Waals surface area contributed by atoms with E-state index >= 15 is 0 Å². The second kappa shape index (κ2) is 9.33. The number of aryl methyl sites for hydroxylation is 2. The Bertz CT molecular complexity index is 1190. The van der Waals surface area contributed by atoms with E-state index in [1.165, 1.54) is 4.90 Å². The van der Waals surface area contributed by atoms with Crippen LogP contribution in [0, 0.1) is 13.8 Å². The number of rotatable bonds is 7. The predicted molar refractivity (Wildman–Crippen MR) is 135 cm³/mol. The molecule has 0 radical (unpaired) electrons. The number of benzene rings is 3. The van der Waals surface area contributed by atoms with Crippen LogP contribution in [-0.4, -0.2) is 24.9 Å². The summed E-state index contributed by atoms with van der Waals surface area (Å²) in [5.41, 5.74) is 5.99. The van der Waals surface area contributed by atoms with Gasteiger partial charge in [-0.3, -0.25) is 9.59 Å².